The van der Waals surface area contributed by atoms with E-state index in [4.69, 9.17) is 11.6 Å². The molecule has 0 saturated heterocycles. The molecular weight excluding hydrogens is 346 g/mol. The molecular formula is C17H18ClN3O2S. The number of hydrogen-bond donors (Lipinski definition) is 1. The quantitative estimate of drug-likeness (QED) is 0.702. The zero-order valence-corrected chi connectivity index (χ0v) is 15.2. The molecule has 5 nitrogen and oxygen atoms in total. The molecule has 24 heavy (non-hydrogen) atoms. The normalized spacial score (nSPS) is 12.0. The van der Waals surface area contributed by atoms with Gasteiger partial charge in [0.25, 0.3) is 0 Å². The van der Waals surface area contributed by atoms with Crippen LogP contribution in [0.5, 0.6) is 0 Å². The molecule has 0 aliphatic carbocycles. The van der Waals surface area contributed by atoms with E-state index in [1.54, 1.807) is 12.3 Å². The number of benzene rings is 1. The SMILES string of the molecule is CC(C)n1cc(-c2ccnc(Cl)c2)c2ccc(NS(C)(=O)=O)cc21. The highest BCUT2D eigenvalue weighted by molar-refractivity contribution is 7.92. The van der Waals surface area contributed by atoms with Gasteiger partial charge in [0.1, 0.15) is 5.15 Å². The Morgan fingerprint density at radius 1 is 1.21 bits per heavy atom. The molecule has 0 bridgehead atoms. The van der Waals surface area contributed by atoms with Gasteiger partial charge in [0.05, 0.1) is 17.5 Å². The predicted molar refractivity (Wildman–Crippen MR) is 99.0 cm³/mol. The van der Waals surface area contributed by atoms with Crippen molar-refractivity contribution in [3.05, 3.63) is 47.9 Å². The molecule has 1 aromatic carbocycles. The van der Waals surface area contributed by atoms with Crippen molar-refractivity contribution in [2.45, 2.75) is 19.9 Å². The van der Waals surface area contributed by atoms with E-state index in [0.29, 0.717) is 10.8 Å². The van der Waals surface area contributed by atoms with E-state index in [2.05, 4.69) is 34.3 Å². The third kappa shape index (κ3) is 3.39. The van der Waals surface area contributed by atoms with Crippen LogP contribution in [0.4, 0.5) is 5.69 Å². The number of rotatable bonds is 4. The molecule has 3 aromatic rings. The zero-order valence-electron chi connectivity index (χ0n) is 13.6. The Balaban J connectivity index is 2.22. The van der Waals surface area contributed by atoms with Gasteiger partial charge in [0, 0.05) is 29.4 Å². The lowest BCUT2D eigenvalue weighted by Gasteiger charge is -2.10. The molecule has 0 aliphatic rings. The van der Waals surface area contributed by atoms with Crippen LogP contribution in [0.2, 0.25) is 5.15 Å². The number of pyridine rings is 1. The molecule has 2 heterocycles. The molecule has 1 N–H and O–H groups in total. The van der Waals surface area contributed by atoms with E-state index in [9.17, 15) is 8.42 Å². The molecule has 0 spiro atoms. The minimum atomic E-state index is -3.31. The summed E-state index contributed by atoms with van der Waals surface area (Å²) < 4.78 is 27.6. The molecule has 2 aromatic heterocycles. The molecule has 0 aliphatic heterocycles. The average Bonchev–Trinajstić information content (AvgIpc) is 2.84. The Kier molecular flexibility index (Phi) is 4.27. The van der Waals surface area contributed by atoms with Crippen LogP contribution in [-0.2, 0) is 10.0 Å². The molecule has 0 atom stereocenters. The second kappa shape index (κ2) is 6.11. The lowest BCUT2D eigenvalue weighted by atomic mass is 10.1. The number of fused-ring (bicyclic) bond motifs is 1. The highest BCUT2D eigenvalue weighted by Gasteiger charge is 2.14. The fourth-order valence-electron chi connectivity index (χ4n) is 2.76. The van der Waals surface area contributed by atoms with E-state index in [-0.39, 0.29) is 6.04 Å². The molecule has 0 radical (unpaired) electrons. The van der Waals surface area contributed by atoms with Gasteiger partial charge in [-0.05, 0) is 43.7 Å². The first kappa shape index (κ1) is 16.8. The highest BCUT2D eigenvalue weighted by atomic mass is 35.5. The molecule has 0 unspecified atom stereocenters. The van der Waals surface area contributed by atoms with Gasteiger partial charge in [-0.3, -0.25) is 4.72 Å². The summed E-state index contributed by atoms with van der Waals surface area (Å²) in [6, 6.07) is 9.50. The van der Waals surface area contributed by atoms with Crippen LogP contribution < -0.4 is 4.72 Å². The van der Waals surface area contributed by atoms with Crippen molar-refractivity contribution >= 4 is 38.2 Å². The van der Waals surface area contributed by atoms with Crippen molar-refractivity contribution in [3.8, 4) is 11.1 Å². The van der Waals surface area contributed by atoms with Crippen molar-refractivity contribution in [2.24, 2.45) is 0 Å². The monoisotopic (exact) mass is 363 g/mol. The number of aromatic nitrogens is 2. The Morgan fingerprint density at radius 2 is 1.96 bits per heavy atom. The number of nitrogens with zero attached hydrogens (tertiary/aromatic N) is 2. The maximum atomic E-state index is 11.5. The minimum absolute atomic E-state index is 0.229. The van der Waals surface area contributed by atoms with E-state index in [0.717, 1.165) is 28.3 Å². The van der Waals surface area contributed by atoms with Crippen molar-refractivity contribution in [1.82, 2.24) is 9.55 Å². The van der Waals surface area contributed by atoms with Crippen molar-refractivity contribution in [3.63, 3.8) is 0 Å². The molecule has 7 heteroatoms. The Hall–Kier alpha value is -2.05. The third-order valence-electron chi connectivity index (χ3n) is 3.73. The number of sulfonamides is 1. The maximum absolute atomic E-state index is 11.5. The average molecular weight is 364 g/mol. The lowest BCUT2D eigenvalue weighted by Crippen LogP contribution is -2.09. The Morgan fingerprint density at radius 3 is 2.58 bits per heavy atom. The molecule has 3 rings (SSSR count). The first-order valence-electron chi connectivity index (χ1n) is 7.49. The van der Waals surface area contributed by atoms with Crippen LogP contribution in [0.15, 0.2) is 42.7 Å². The van der Waals surface area contributed by atoms with E-state index in [1.807, 2.05) is 24.3 Å². The fraction of sp³-hybridized carbons (Fsp3) is 0.235. The van der Waals surface area contributed by atoms with Gasteiger partial charge in [-0.15, -0.1) is 0 Å². The van der Waals surface area contributed by atoms with Gasteiger partial charge in [-0.2, -0.15) is 0 Å². The van der Waals surface area contributed by atoms with Crippen LogP contribution in [0.1, 0.15) is 19.9 Å². The molecule has 126 valence electrons. The van der Waals surface area contributed by atoms with E-state index in [1.165, 1.54) is 0 Å². The second-order valence-corrected chi connectivity index (χ2v) is 8.15. The standard InChI is InChI=1S/C17H18ClN3O2S/c1-11(2)21-10-15(12-6-7-19-17(18)8-12)14-5-4-13(9-16(14)21)20-24(3,22)23/h4-11,20H,1-3H3. The van der Waals surface area contributed by atoms with Crippen molar-refractivity contribution < 1.29 is 8.42 Å². The van der Waals surface area contributed by atoms with Gasteiger partial charge in [0.2, 0.25) is 10.0 Å². The van der Waals surface area contributed by atoms with Crippen LogP contribution in [0, 0.1) is 0 Å². The van der Waals surface area contributed by atoms with Crippen LogP contribution in [0.3, 0.4) is 0 Å². The fourth-order valence-corrected chi connectivity index (χ4v) is 3.49. The zero-order chi connectivity index (χ0) is 17.5. The summed E-state index contributed by atoms with van der Waals surface area (Å²) in [5, 5.41) is 1.47. The molecule has 0 saturated carbocycles. The Bertz CT molecular complexity index is 1010. The smallest absolute Gasteiger partial charge is 0.229 e. The number of hydrogen-bond acceptors (Lipinski definition) is 3. The summed E-state index contributed by atoms with van der Waals surface area (Å²) in [4.78, 5) is 4.02. The number of anilines is 1. The van der Waals surface area contributed by atoms with Crippen LogP contribution in [0.25, 0.3) is 22.0 Å². The van der Waals surface area contributed by atoms with E-state index < -0.39 is 10.0 Å². The Labute approximate surface area is 146 Å². The van der Waals surface area contributed by atoms with Crippen LogP contribution in [-0.4, -0.2) is 24.2 Å². The summed E-state index contributed by atoms with van der Waals surface area (Å²) in [7, 11) is -3.31. The first-order valence-corrected chi connectivity index (χ1v) is 9.76. The maximum Gasteiger partial charge on any atom is 0.229 e. The number of halogens is 1. The highest BCUT2D eigenvalue weighted by Crippen LogP contribution is 2.34. The molecule has 0 fully saturated rings. The third-order valence-corrected chi connectivity index (χ3v) is 4.54. The van der Waals surface area contributed by atoms with Crippen LogP contribution >= 0.6 is 11.6 Å². The second-order valence-electron chi connectivity index (χ2n) is 6.02. The number of nitrogens with one attached hydrogen (secondary N) is 1. The largest absolute Gasteiger partial charge is 0.344 e. The minimum Gasteiger partial charge on any atom is -0.344 e. The summed E-state index contributed by atoms with van der Waals surface area (Å²) in [5.41, 5.74) is 3.52. The van der Waals surface area contributed by atoms with Crippen molar-refractivity contribution in [2.75, 3.05) is 11.0 Å². The molecule has 0 amide bonds. The van der Waals surface area contributed by atoms with Gasteiger partial charge >= 0.3 is 0 Å². The van der Waals surface area contributed by atoms with Gasteiger partial charge in [0.15, 0.2) is 0 Å². The summed E-state index contributed by atoms with van der Waals surface area (Å²) in [6.45, 7) is 4.17. The summed E-state index contributed by atoms with van der Waals surface area (Å²) in [5.74, 6) is 0. The van der Waals surface area contributed by atoms with Gasteiger partial charge in [-0.25, -0.2) is 13.4 Å². The first-order chi connectivity index (χ1) is 11.2. The topological polar surface area (TPSA) is 64.0 Å². The lowest BCUT2D eigenvalue weighted by molar-refractivity contribution is 0.607. The predicted octanol–water partition coefficient (Wildman–Crippen LogP) is 4.31. The summed E-state index contributed by atoms with van der Waals surface area (Å²) >= 11 is 6.02. The van der Waals surface area contributed by atoms with Crippen molar-refractivity contribution in [1.29, 1.82) is 0 Å². The van der Waals surface area contributed by atoms with Gasteiger partial charge < -0.3 is 4.57 Å². The van der Waals surface area contributed by atoms with E-state index >= 15 is 0 Å². The van der Waals surface area contributed by atoms with Gasteiger partial charge in [-0.1, -0.05) is 17.7 Å². The summed E-state index contributed by atoms with van der Waals surface area (Å²) in [6.07, 6.45) is 4.88.